The van der Waals surface area contributed by atoms with Crippen molar-refractivity contribution in [2.75, 3.05) is 12.4 Å². The Hall–Kier alpha value is -2.15. The van der Waals surface area contributed by atoms with Crippen LogP contribution in [0.4, 0.5) is 5.00 Å². The van der Waals surface area contributed by atoms with E-state index >= 15 is 0 Å². The first-order valence-electron chi connectivity index (χ1n) is 9.89. The lowest BCUT2D eigenvalue weighted by molar-refractivity contribution is -0.146. The molecule has 0 spiro atoms. The molecule has 150 valence electrons. The highest BCUT2D eigenvalue weighted by atomic mass is 32.1. The van der Waals surface area contributed by atoms with Crippen molar-refractivity contribution < 1.29 is 24.2 Å². The van der Waals surface area contributed by atoms with Crippen LogP contribution in [0.1, 0.15) is 47.0 Å². The summed E-state index contributed by atoms with van der Waals surface area (Å²) in [6, 6.07) is 0. The van der Waals surface area contributed by atoms with E-state index in [1.807, 2.05) is 12.2 Å². The van der Waals surface area contributed by atoms with Gasteiger partial charge in [0, 0.05) is 4.88 Å². The highest BCUT2D eigenvalue weighted by molar-refractivity contribution is 7.17. The number of hydrogen-bond acceptors (Lipinski definition) is 5. The van der Waals surface area contributed by atoms with E-state index in [0.29, 0.717) is 22.9 Å². The summed E-state index contributed by atoms with van der Waals surface area (Å²) in [6.07, 6.45) is 8.41. The van der Waals surface area contributed by atoms with Gasteiger partial charge in [0.05, 0.1) is 24.5 Å². The Morgan fingerprint density at radius 3 is 2.61 bits per heavy atom. The van der Waals surface area contributed by atoms with Crippen LogP contribution in [0.15, 0.2) is 12.2 Å². The number of ether oxygens (including phenoxy) is 1. The summed E-state index contributed by atoms with van der Waals surface area (Å²) in [4.78, 5) is 38.4. The van der Waals surface area contributed by atoms with Crippen LogP contribution in [0.5, 0.6) is 0 Å². The largest absolute Gasteiger partial charge is 0.481 e. The highest BCUT2D eigenvalue weighted by Gasteiger charge is 2.51. The summed E-state index contributed by atoms with van der Waals surface area (Å²) >= 11 is 1.44. The molecule has 1 aromatic rings. The molecule has 1 fully saturated rings. The van der Waals surface area contributed by atoms with Crippen LogP contribution < -0.4 is 5.32 Å². The molecule has 2 bridgehead atoms. The number of amides is 1. The Morgan fingerprint density at radius 2 is 1.96 bits per heavy atom. The van der Waals surface area contributed by atoms with Crippen LogP contribution in [0, 0.1) is 29.6 Å². The smallest absolute Gasteiger partial charge is 0.341 e. The number of carbonyl (C=O) groups excluding carboxylic acids is 2. The summed E-state index contributed by atoms with van der Waals surface area (Å²) in [5.41, 5.74) is 1.44. The molecular weight excluding hydrogens is 378 g/mol. The number of aliphatic carboxylic acids is 1. The van der Waals surface area contributed by atoms with Crippen molar-refractivity contribution >= 4 is 34.2 Å². The average Bonchev–Trinajstić information content (AvgIpc) is 3.38. The van der Waals surface area contributed by atoms with Gasteiger partial charge in [-0.25, -0.2) is 4.79 Å². The summed E-state index contributed by atoms with van der Waals surface area (Å²) in [7, 11) is 1.34. The summed E-state index contributed by atoms with van der Waals surface area (Å²) in [6.45, 7) is 2.17. The number of carbonyl (C=O) groups is 3. The van der Waals surface area contributed by atoms with E-state index in [4.69, 9.17) is 4.74 Å². The zero-order chi connectivity index (χ0) is 20.0. The van der Waals surface area contributed by atoms with Crippen LogP contribution in [0.3, 0.4) is 0 Å². The molecular formula is C21H25NO5S. The molecule has 3 aliphatic rings. The zero-order valence-electron chi connectivity index (χ0n) is 16.1. The third kappa shape index (κ3) is 3.05. The van der Waals surface area contributed by atoms with Gasteiger partial charge in [0.15, 0.2) is 0 Å². The van der Waals surface area contributed by atoms with Gasteiger partial charge >= 0.3 is 11.9 Å². The molecule has 1 aromatic heterocycles. The number of carboxylic acid groups (broad SMARTS) is 1. The van der Waals surface area contributed by atoms with Crippen molar-refractivity contribution in [1.29, 1.82) is 0 Å². The molecule has 0 radical (unpaired) electrons. The molecule has 6 nitrogen and oxygen atoms in total. The first-order valence-corrected chi connectivity index (χ1v) is 10.7. The van der Waals surface area contributed by atoms with Crippen molar-refractivity contribution in [1.82, 2.24) is 0 Å². The highest BCUT2D eigenvalue weighted by Crippen LogP contribution is 2.49. The van der Waals surface area contributed by atoms with Gasteiger partial charge in [0.25, 0.3) is 0 Å². The number of esters is 1. The maximum atomic E-state index is 13.1. The number of nitrogens with one attached hydrogen (secondary N) is 1. The molecule has 1 amide bonds. The second-order valence-corrected chi connectivity index (χ2v) is 9.15. The Balaban J connectivity index is 1.63. The minimum absolute atomic E-state index is 0.0493. The molecule has 28 heavy (non-hydrogen) atoms. The first-order chi connectivity index (χ1) is 13.4. The van der Waals surface area contributed by atoms with Crippen molar-refractivity contribution in [3.63, 3.8) is 0 Å². The number of anilines is 1. The van der Waals surface area contributed by atoms with Gasteiger partial charge in [0.1, 0.15) is 5.00 Å². The number of allylic oxidation sites excluding steroid dienone is 2. The minimum Gasteiger partial charge on any atom is -0.481 e. The SMILES string of the molecule is CCC1CCc2c(sc(NC(=O)C3C4C=CC(C4)C3C(=O)O)c2C(=O)OC)C1. The molecule has 1 heterocycles. The zero-order valence-corrected chi connectivity index (χ0v) is 16.9. The van der Waals surface area contributed by atoms with Gasteiger partial charge in [-0.15, -0.1) is 11.3 Å². The molecule has 4 rings (SSSR count). The summed E-state index contributed by atoms with van der Waals surface area (Å²) < 4.78 is 4.98. The topological polar surface area (TPSA) is 92.7 Å². The van der Waals surface area contributed by atoms with E-state index in [1.165, 1.54) is 18.4 Å². The van der Waals surface area contributed by atoms with E-state index in [0.717, 1.165) is 36.1 Å². The molecule has 2 N–H and O–H groups in total. The van der Waals surface area contributed by atoms with E-state index in [2.05, 4.69) is 12.2 Å². The Kier molecular flexibility index (Phi) is 5.04. The second-order valence-electron chi connectivity index (χ2n) is 8.04. The average molecular weight is 404 g/mol. The van der Waals surface area contributed by atoms with Crippen LogP contribution in [-0.2, 0) is 27.2 Å². The van der Waals surface area contributed by atoms with E-state index < -0.39 is 23.8 Å². The fourth-order valence-corrected chi connectivity index (χ4v) is 6.47. The third-order valence-electron chi connectivity index (χ3n) is 6.62. The van der Waals surface area contributed by atoms with Crippen molar-refractivity contribution in [2.45, 2.75) is 39.0 Å². The van der Waals surface area contributed by atoms with Crippen LogP contribution in [0.2, 0.25) is 0 Å². The van der Waals surface area contributed by atoms with Crippen molar-refractivity contribution in [3.8, 4) is 0 Å². The summed E-state index contributed by atoms with van der Waals surface area (Å²) in [5.74, 6) is -2.51. The van der Waals surface area contributed by atoms with Gasteiger partial charge in [0.2, 0.25) is 5.91 Å². The lowest BCUT2D eigenvalue weighted by Crippen LogP contribution is -2.36. The number of fused-ring (bicyclic) bond motifs is 3. The minimum atomic E-state index is -0.929. The summed E-state index contributed by atoms with van der Waals surface area (Å²) in [5, 5.41) is 13.0. The molecule has 0 aliphatic heterocycles. The maximum absolute atomic E-state index is 13.1. The normalized spacial score (nSPS) is 30.1. The Morgan fingerprint density at radius 1 is 1.25 bits per heavy atom. The Labute approximate surface area is 168 Å². The molecule has 7 heteroatoms. The maximum Gasteiger partial charge on any atom is 0.341 e. The van der Waals surface area contributed by atoms with Crippen LogP contribution in [-0.4, -0.2) is 30.1 Å². The van der Waals surface area contributed by atoms with Gasteiger partial charge in [-0.2, -0.15) is 0 Å². The molecule has 0 aromatic carbocycles. The monoisotopic (exact) mass is 403 g/mol. The molecule has 5 atom stereocenters. The van der Waals surface area contributed by atoms with Gasteiger partial charge in [-0.3, -0.25) is 9.59 Å². The fraction of sp³-hybridized carbons (Fsp3) is 0.571. The van der Waals surface area contributed by atoms with Crippen LogP contribution >= 0.6 is 11.3 Å². The standard InChI is InChI=1S/C21H25NO5S/c1-3-10-4-7-13-14(8-10)28-19(17(13)21(26)27-2)22-18(23)15-11-5-6-12(9-11)16(15)20(24)25/h5-6,10-12,15-16H,3-4,7-9H2,1-2H3,(H,22,23)(H,24,25). The quantitative estimate of drug-likeness (QED) is 0.580. The van der Waals surface area contributed by atoms with E-state index in [-0.39, 0.29) is 17.7 Å². The van der Waals surface area contributed by atoms with Gasteiger partial charge < -0.3 is 15.2 Å². The lowest BCUT2D eigenvalue weighted by Gasteiger charge is -2.23. The number of methoxy groups -OCH3 is 1. The van der Waals surface area contributed by atoms with E-state index in [1.54, 1.807) is 0 Å². The third-order valence-corrected chi connectivity index (χ3v) is 7.79. The molecule has 0 saturated heterocycles. The number of rotatable bonds is 5. The van der Waals surface area contributed by atoms with Crippen molar-refractivity contribution in [3.05, 3.63) is 28.2 Å². The predicted octanol–water partition coefficient (Wildman–Crippen LogP) is 3.51. The Bertz CT molecular complexity index is 857. The van der Waals surface area contributed by atoms with Gasteiger partial charge in [-0.1, -0.05) is 25.5 Å². The molecule has 3 aliphatic carbocycles. The predicted molar refractivity (Wildman–Crippen MR) is 105 cm³/mol. The fourth-order valence-electron chi connectivity index (χ4n) is 5.12. The van der Waals surface area contributed by atoms with Crippen LogP contribution in [0.25, 0.3) is 0 Å². The molecule has 5 unspecified atom stereocenters. The number of carboxylic acids is 1. The van der Waals surface area contributed by atoms with Gasteiger partial charge in [-0.05, 0) is 49.0 Å². The first kappa shape index (κ1) is 19.2. The lowest BCUT2D eigenvalue weighted by atomic mass is 9.82. The molecule has 1 saturated carbocycles. The second kappa shape index (κ2) is 7.35. The number of hydrogen-bond donors (Lipinski definition) is 2. The van der Waals surface area contributed by atoms with E-state index in [9.17, 15) is 19.5 Å². The van der Waals surface area contributed by atoms with Crippen molar-refractivity contribution in [2.24, 2.45) is 29.6 Å². The number of thiophene rings is 1.